The Hall–Kier alpha value is -2.24. The molecular formula is C15H24N4O2. The van der Waals surface area contributed by atoms with Crippen molar-refractivity contribution in [2.45, 2.75) is 39.7 Å². The van der Waals surface area contributed by atoms with Crippen molar-refractivity contribution in [2.75, 3.05) is 18.0 Å². The molecule has 0 spiro atoms. The van der Waals surface area contributed by atoms with E-state index in [0.717, 1.165) is 11.1 Å². The summed E-state index contributed by atoms with van der Waals surface area (Å²) in [6.07, 6.45) is 5.80. The van der Waals surface area contributed by atoms with Crippen LogP contribution in [0.1, 0.15) is 38.3 Å². The van der Waals surface area contributed by atoms with Gasteiger partial charge in [0, 0.05) is 12.7 Å². The lowest BCUT2D eigenvalue weighted by atomic mass is 10.1. The third-order valence-corrected chi connectivity index (χ3v) is 2.73. The maximum Gasteiger partial charge on any atom is 0.407 e. The van der Waals surface area contributed by atoms with Crippen LogP contribution in [0.5, 0.6) is 0 Å². The van der Waals surface area contributed by atoms with Crippen molar-refractivity contribution in [3.63, 3.8) is 0 Å². The molecule has 1 amide bonds. The van der Waals surface area contributed by atoms with Gasteiger partial charge in [0.1, 0.15) is 11.4 Å². The van der Waals surface area contributed by atoms with Crippen LogP contribution in [-0.2, 0) is 4.74 Å². The van der Waals surface area contributed by atoms with Gasteiger partial charge in [0.05, 0.1) is 5.69 Å². The number of nitrogen functional groups attached to an aromatic ring is 2. The molecule has 0 fully saturated rings. The van der Waals surface area contributed by atoms with Crippen molar-refractivity contribution < 1.29 is 9.53 Å². The molecule has 1 aromatic heterocycles. The zero-order valence-corrected chi connectivity index (χ0v) is 13.1. The van der Waals surface area contributed by atoms with Gasteiger partial charge < -0.3 is 21.5 Å². The summed E-state index contributed by atoms with van der Waals surface area (Å²) >= 11 is 0. The summed E-state index contributed by atoms with van der Waals surface area (Å²) in [6.45, 7) is 7.88. The Bertz CT molecular complexity index is 533. The second-order valence-corrected chi connectivity index (χ2v) is 5.76. The lowest BCUT2D eigenvalue weighted by molar-refractivity contribution is 0.0529. The molecule has 1 rings (SSSR count). The average Bonchev–Trinajstić information content (AvgIpc) is 2.36. The van der Waals surface area contributed by atoms with Gasteiger partial charge in [0.25, 0.3) is 0 Å². The van der Waals surface area contributed by atoms with Crippen molar-refractivity contribution >= 4 is 23.7 Å². The number of pyridine rings is 1. The Morgan fingerprint density at radius 3 is 2.71 bits per heavy atom. The molecule has 0 saturated heterocycles. The molecule has 0 radical (unpaired) electrons. The predicted octanol–water partition coefficient (Wildman–Crippen LogP) is 2.48. The molecule has 0 saturated carbocycles. The van der Waals surface area contributed by atoms with Gasteiger partial charge in [0.15, 0.2) is 0 Å². The van der Waals surface area contributed by atoms with E-state index >= 15 is 0 Å². The number of anilines is 2. The second-order valence-electron chi connectivity index (χ2n) is 5.76. The molecule has 0 unspecified atom stereocenters. The molecule has 0 aromatic carbocycles. The van der Waals surface area contributed by atoms with Crippen LogP contribution in [-0.4, -0.2) is 23.2 Å². The van der Waals surface area contributed by atoms with Crippen molar-refractivity contribution in [1.82, 2.24) is 10.3 Å². The normalized spacial score (nSPS) is 11.6. The standard InChI is InChI=1S/C15H24N4O2/c1-10-11(9-19-13(17)12(10)16)7-5-6-8-18-14(20)21-15(2,3)4/h5,7,9H,6,8,16H2,1-4H3,(H2,17,19)(H,18,20). The minimum absolute atomic E-state index is 0.344. The summed E-state index contributed by atoms with van der Waals surface area (Å²) in [5.41, 5.74) is 13.3. The number of rotatable bonds is 4. The Kier molecular flexibility index (Phi) is 5.58. The smallest absolute Gasteiger partial charge is 0.407 e. The maximum absolute atomic E-state index is 11.4. The third kappa shape index (κ3) is 5.72. The molecule has 1 heterocycles. The van der Waals surface area contributed by atoms with Gasteiger partial charge >= 0.3 is 6.09 Å². The number of carbonyl (C=O) groups is 1. The third-order valence-electron chi connectivity index (χ3n) is 2.73. The van der Waals surface area contributed by atoms with Gasteiger partial charge in [-0.25, -0.2) is 9.78 Å². The number of nitrogens with two attached hydrogens (primary N) is 2. The van der Waals surface area contributed by atoms with Gasteiger partial charge in [0.2, 0.25) is 0 Å². The fraction of sp³-hybridized carbons (Fsp3) is 0.467. The number of hydrogen-bond acceptors (Lipinski definition) is 5. The van der Waals surface area contributed by atoms with Crippen LogP contribution in [0.3, 0.4) is 0 Å². The predicted molar refractivity (Wildman–Crippen MR) is 85.7 cm³/mol. The molecule has 6 heteroatoms. The number of aromatic nitrogens is 1. The quantitative estimate of drug-likeness (QED) is 0.740. The van der Waals surface area contributed by atoms with E-state index < -0.39 is 11.7 Å². The Labute approximate surface area is 125 Å². The van der Waals surface area contributed by atoms with Crippen LogP contribution < -0.4 is 16.8 Å². The summed E-state index contributed by atoms with van der Waals surface area (Å²) in [5.74, 6) is 0.344. The van der Waals surface area contributed by atoms with Crippen molar-refractivity contribution in [3.05, 3.63) is 23.4 Å². The van der Waals surface area contributed by atoms with Crippen LogP contribution >= 0.6 is 0 Å². The zero-order valence-electron chi connectivity index (χ0n) is 13.1. The topological polar surface area (TPSA) is 103 Å². The van der Waals surface area contributed by atoms with Gasteiger partial charge in [-0.05, 0) is 45.2 Å². The zero-order chi connectivity index (χ0) is 16.0. The number of alkyl carbamates (subject to hydrolysis) is 1. The van der Waals surface area contributed by atoms with E-state index in [9.17, 15) is 4.79 Å². The molecule has 6 nitrogen and oxygen atoms in total. The van der Waals surface area contributed by atoms with Crippen LogP contribution in [0.15, 0.2) is 12.3 Å². The largest absolute Gasteiger partial charge is 0.444 e. The van der Waals surface area contributed by atoms with E-state index in [1.165, 1.54) is 0 Å². The summed E-state index contributed by atoms with van der Waals surface area (Å²) < 4.78 is 5.14. The summed E-state index contributed by atoms with van der Waals surface area (Å²) in [4.78, 5) is 15.4. The lowest BCUT2D eigenvalue weighted by Gasteiger charge is -2.19. The highest BCUT2D eigenvalue weighted by Crippen LogP contribution is 2.21. The fourth-order valence-electron chi connectivity index (χ4n) is 1.60. The molecule has 0 aliphatic heterocycles. The highest BCUT2D eigenvalue weighted by molar-refractivity contribution is 5.70. The van der Waals surface area contributed by atoms with E-state index in [4.69, 9.17) is 16.2 Å². The first kappa shape index (κ1) is 16.8. The number of ether oxygens (including phenoxy) is 1. The van der Waals surface area contributed by atoms with Crippen molar-refractivity contribution in [2.24, 2.45) is 0 Å². The summed E-state index contributed by atoms with van der Waals surface area (Å²) in [6, 6.07) is 0. The molecule has 0 atom stereocenters. The van der Waals surface area contributed by atoms with E-state index in [1.807, 2.05) is 39.8 Å². The molecule has 21 heavy (non-hydrogen) atoms. The minimum Gasteiger partial charge on any atom is -0.444 e. The van der Waals surface area contributed by atoms with Crippen LogP contribution in [0.2, 0.25) is 0 Å². The molecule has 0 bridgehead atoms. The van der Waals surface area contributed by atoms with Crippen LogP contribution in [0.25, 0.3) is 6.08 Å². The molecule has 5 N–H and O–H groups in total. The van der Waals surface area contributed by atoms with E-state index in [-0.39, 0.29) is 0 Å². The number of hydrogen-bond donors (Lipinski definition) is 3. The molecule has 0 aliphatic carbocycles. The van der Waals surface area contributed by atoms with Crippen LogP contribution in [0.4, 0.5) is 16.3 Å². The summed E-state index contributed by atoms with van der Waals surface area (Å²) in [7, 11) is 0. The number of nitrogens with zero attached hydrogens (tertiary/aromatic N) is 1. The number of carbonyl (C=O) groups excluding carboxylic acids is 1. The average molecular weight is 292 g/mol. The van der Waals surface area contributed by atoms with Gasteiger partial charge in [-0.2, -0.15) is 0 Å². The number of amides is 1. The highest BCUT2D eigenvalue weighted by Gasteiger charge is 2.15. The molecule has 0 aliphatic rings. The highest BCUT2D eigenvalue weighted by atomic mass is 16.6. The monoisotopic (exact) mass is 292 g/mol. The Morgan fingerprint density at radius 2 is 2.10 bits per heavy atom. The minimum atomic E-state index is -0.482. The van der Waals surface area contributed by atoms with E-state index in [1.54, 1.807) is 6.20 Å². The fourth-order valence-corrected chi connectivity index (χ4v) is 1.60. The molecular weight excluding hydrogens is 268 g/mol. The molecule has 1 aromatic rings. The Balaban J connectivity index is 2.43. The summed E-state index contributed by atoms with van der Waals surface area (Å²) in [5, 5.41) is 2.69. The van der Waals surface area contributed by atoms with E-state index in [0.29, 0.717) is 24.5 Å². The second kappa shape index (κ2) is 6.97. The van der Waals surface area contributed by atoms with Gasteiger partial charge in [-0.15, -0.1) is 0 Å². The lowest BCUT2D eigenvalue weighted by Crippen LogP contribution is -2.32. The van der Waals surface area contributed by atoms with E-state index in [2.05, 4.69) is 10.3 Å². The van der Waals surface area contributed by atoms with Gasteiger partial charge in [-0.3, -0.25) is 0 Å². The first-order valence-electron chi connectivity index (χ1n) is 6.84. The molecule has 116 valence electrons. The van der Waals surface area contributed by atoms with Crippen LogP contribution in [0, 0.1) is 6.92 Å². The maximum atomic E-state index is 11.4. The van der Waals surface area contributed by atoms with Crippen molar-refractivity contribution in [1.29, 1.82) is 0 Å². The SMILES string of the molecule is Cc1c(C=CCCNC(=O)OC(C)(C)C)cnc(N)c1N. The number of nitrogens with one attached hydrogen (secondary N) is 1. The van der Waals surface area contributed by atoms with Gasteiger partial charge in [-0.1, -0.05) is 12.2 Å². The first-order valence-corrected chi connectivity index (χ1v) is 6.84. The first-order chi connectivity index (χ1) is 9.70. The van der Waals surface area contributed by atoms with Crippen molar-refractivity contribution in [3.8, 4) is 0 Å². The Morgan fingerprint density at radius 1 is 1.43 bits per heavy atom.